The SMILES string of the molecule is NP(N)(O)(O)F. The van der Waals surface area contributed by atoms with Crippen molar-refractivity contribution in [1.29, 1.82) is 0 Å². The number of hydrogen-bond acceptors (Lipinski definition) is 4. The molecule has 0 aliphatic carbocycles. The molecule has 0 aromatic carbocycles. The summed E-state index contributed by atoms with van der Waals surface area (Å²) in [6.07, 6.45) is 0. The van der Waals surface area contributed by atoms with Crippen molar-refractivity contribution in [3.05, 3.63) is 0 Å². The van der Waals surface area contributed by atoms with E-state index in [1.54, 1.807) is 0 Å². The normalized spacial score (nSPS) is 19.2. The molecule has 0 bridgehead atoms. The molecule has 0 rings (SSSR count). The van der Waals surface area contributed by atoms with Crippen LogP contribution in [0.1, 0.15) is 0 Å². The van der Waals surface area contributed by atoms with Crippen molar-refractivity contribution in [2.24, 2.45) is 11.0 Å². The van der Waals surface area contributed by atoms with Gasteiger partial charge in [0.25, 0.3) is 0 Å². The minimum atomic E-state index is -5.55. The summed E-state index contributed by atoms with van der Waals surface area (Å²) in [6.45, 7) is 0. The van der Waals surface area contributed by atoms with Gasteiger partial charge in [0, 0.05) is 0 Å². The fourth-order valence-electron chi connectivity index (χ4n) is 0. The van der Waals surface area contributed by atoms with E-state index in [1.807, 2.05) is 0 Å². The van der Waals surface area contributed by atoms with Gasteiger partial charge in [0.2, 0.25) is 0 Å². The van der Waals surface area contributed by atoms with E-state index in [2.05, 4.69) is 11.0 Å². The molecule has 0 spiro atoms. The fraction of sp³-hybridized carbons (Fsp3) is 0. The molecule has 0 amide bonds. The van der Waals surface area contributed by atoms with Crippen molar-refractivity contribution in [2.75, 3.05) is 0 Å². The van der Waals surface area contributed by atoms with Gasteiger partial charge in [0.1, 0.15) is 0 Å². The fourth-order valence-corrected chi connectivity index (χ4v) is 0. The maximum atomic E-state index is 11.2. The second-order valence-electron chi connectivity index (χ2n) is 1.05. The Morgan fingerprint density at radius 1 is 1.33 bits per heavy atom. The molecule has 0 atom stereocenters. The molecule has 0 fully saturated rings. The summed E-state index contributed by atoms with van der Waals surface area (Å²) in [4.78, 5) is 15.1. The molecule has 0 aliphatic rings. The molecule has 0 unspecified atom stereocenters. The van der Waals surface area contributed by atoms with Gasteiger partial charge in [-0.15, -0.1) is 0 Å². The molecular weight excluding hydrogens is 110 g/mol. The van der Waals surface area contributed by atoms with Crippen LogP contribution >= 0.6 is 7.67 Å². The van der Waals surface area contributed by atoms with Crippen LogP contribution in [-0.4, -0.2) is 9.79 Å². The zero-order chi connectivity index (χ0) is 5.45. The average Bonchev–Trinajstić information content (AvgIpc) is 0.650. The van der Waals surface area contributed by atoms with E-state index >= 15 is 0 Å². The zero-order valence-corrected chi connectivity index (χ0v) is 3.77. The van der Waals surface area contributed by atoms with Crippen LogP contribution in [0.3, 0.4) is 0 Å². The second kappa shape index (κ2) is 0.882. The third-order valence-corrected chi connectivity index (χ3v) is 0. The van der Waals surface area contributed by atoms with Crippen molar-refractivity contribution in [1.82, 2.24) is 0 Å². The Morgan fingerprint density at radius 2 is 1.33 bits per heavy atom. The molecule has 6 heteroatoms. The Morgan fingerprint density at radius 3 is 1.33 bits per heavy atom. The Labute approximate surface area is 33.9 Å². The van der Waals surface area contributed by atoms with Crippen LogP contribution in [0.25, 0.3) is 0 Å². The van der Waals surface area contributed by atoms with Gasteiger partial charge in [-0.3, -0.25) is 0 Å². The predicted octanol–water partition coefficient (Wildman–Crippen LogP) is -1.01. The van der Waals surface area contributed by atoms with Crippen LogP contribution in [0.2, 0.25) is 0 Å². The average molecular weight is 116 g/mol. The van der Waals surface area contributed by atoms with Crippen LogP contribution < -0.4 is 11.0 Å². The molecule has 0 aromatic rings. The van der Waals surface area contributed by atoms with Crippen LogP contribution in [0.5, 0.6) is 0 Å². The van der Waals surface area contributed by atoms with Gasteiger partial charge in [-0.1, -0.05) is 0 Å². The first-order chi connectivity index (χ1) is 2.24. The zero-order valence-electron chi connectivity index (χ0n) is 2.87. The van der Waals surface area contributed by atoms with E-state index in [-0.39, 0.29) is 0 Å². The summed E-state index contributed by atoms with van der Waals surface area (Å²) in [6, 6.07) is 0. The van der Waals surface area contributed by atoms with E-state index in [0.717, 1.165) is 0 Å². The van der Waals surface area contributed by atoms with Gasteiger partial charge in [-0.05, 0) is 0 Å². The first-order valence-corrected chi connectivity index (χ1v) is 3.26. The van der Waals surface area contributed by atoms with Gasteiger partial charge >= 0.3 is 32.7 Å². The van der Waals surface area contributed by atoms with Crippen molar-refractivity contribution in [3.8, 4) is 0 Å². The van der Waals surface area contributed by atoms with E-state index in [1.165, 1.54) is 0 Å². The molecule has 0 saturated heterocycles. The first-order valence-electron chi connectivity index (χ1n) is 1.09. The quantitative estimate of drug-likeness (QED) is 0.305. The third-order valence-electron chi connectivity index (χ3n) is 0. The molecule has 0 aliphatic heterocycles. The van der Waals surface area contributed by atoms with Crippen molar-refractivity contribution < 1.29 is 14.0 Å². The van der Waals surface area contributed by atoms with Crippen LogP contribution in [-0.2, 0) is 0 Å². The van der Waals surface area contributed by atoms with E-state index < -0.39 is 7.67 Å². The first kappa shape index (κ1) is 6.20. The molecule has 40 valence electrons. The summed E-state index contributed by atoms with van der Waals surface area (Å²) in [7, 11) is -5.55. The van der Waals surface area contributed by atoms with Gasteiger partial charge in [-0.25, -0.2) is 0 Å². The molecular formula is H6FN2O2P. The Balaban J connectivity index is 3.73. The summed E-state index contributed by atoms with van der Waals surface area (Å²) in [5, 5.41) is 0. The topological polar surface area (TPSA) is 92.5 Å². The van der Waals surface area contributed by atoms with Crippen molar-refractivity contribution in [3.63, 3.8) is 0 Å². The summed E-state index contributed by atoms with van der Waals surface area (Å²) < 4.78 is 11.2. The number of nitrogens with two attached hydrogens (primary N) is 2. The molecule has 0 aromatic heterocycles. The van der Waals surface area contributed by atoms with Crippen LogP contribution in [0.15, 0.2) is 0 Å². The third kappa shape index (κ3) is 1080. The standard InChI is InChI=1S/FH6N2O2P/c1-6(2,3,4)5/h4-5H,2-3H2. The Bertz CT molecular complexity index is 44.7. The van der Waals surface area contributed by atoms with Crippen molar-refractivity contribution in [2.45, 2.75) is 0 Å². The summed E-state index contributed by atoms with van der Waals surface area (Å²) in [5.74, 6) is 0. The molecule has 0 radical (unpaired) electrons. The van der Waals surface area contributed by atoms with Gasteiger partial charge in [0.15, 0.2) is 0 Å². The molecule has 4 nitrogen and oxygen atoms in total. The molecule has 0 saturated carbocycles. The summed E-state index contributed by atoms with van der Waals surface area (Å²) in [5.41, 5.74) is 7.90. The van der Waals surface area contributed by atoms with Gasteiger partial charge in [-0.2, -0.15) is 0 Å². The van der Waals surface area contributed by atoms with Crippen LogP contribution in [0.4, 0.5) is 4.20 Å². The molecule has 6 heavy (non-hydrogen) atoms. The molecule has 6 N–H and O–H groups in total. The Kier molecular flexibility index (Phi) is 0.911. The number of rotatable bonds is 0. The number of hydrogen-bond donors (Lipinski definition) is 4. The monoisotopic (exact) mass is 116 g/mol. The number of halogens is 1. The van der Waals surface area contributed by atoms with Gasteiger partial charge in [0.05, 0.1) is 0 Å². The van der Waals surface area contributed by atoms with E-state index in [0.29, 0.717) is 0 Å². The second-order valence-corrected chi connectivity index (χ2v) is 3.14. The molecule has 0 heterocycles. The van der Waals surface area contributed by atoms with Crippen molar-refractivity contribution >= 4 is 7.67 Å². The Hall–Kier alpha value is 0.200. The maximum absolute atomic E-state index is 11.2. The minimum absolute atomic E-state index is 3.95. The van der Waals surface area contributed by atoms with E-state index in [4.69, 9.17) is 9.79 Å². The predicted molar refractivity (Wildman–Crippen MR) is 20.8 cm³/mol. The van der Waals surface area contributed by atoms with Gasteiger partial charge < -0.3 is 0 Å². The van der Waals surface area contributed by atoms with Crippen LogP contribution in [0, 0.1) is 0 Å². The van der Waals surface area contributed by atoms with E-state index in [9.17, 15) is 4.20 Å². The summed E-state index contributed by atoms with van der Waals surface area (Å²) >= 11 is 0.